The summed E-state index contributed by atoms with van der Waals surface area (Å²) in [5, 5.41) is 13.3. The van der Waals surface area contributed by atoms with E-state index in [4.69, 9.17) is 16.3 Å². The van der Waals surface area contributed by atoms with Gasteiger partial charge in [-0.2, -0.15) is 0 Å². The highest BCUT2D eigenvalue weighted by molar-refractivity contribution is 8.22. The number of hydrogen-bond acceptors (Lipinski definition) is 6. The minimum absolute atomic E-state index is 0. The Kier molecular flexibility index (Phi) is 7.88. The van der Waals surface area contributed by atoms with Gasteiger partial charge in [-0.25, -0.2) is 4.99 Å². The summed E-state index contributed by atoms with van der Waals surface area (Å²) in [5.74, 6) is -0.631. The first-order valence-corrected chi connectivity index (χ1v) is 9.76. The fourth-order valence-corrected chi connectivity index (χ4v) is 4.56. The summed E-state index contributed by atoms with van der Waals surface area (Å²) in [5.41, 5.74) is 2.28. The monoisotopic (exact) mass is 483 g/mol. The Hall–Kier alpha value is -2.12. The molecule has 0 fully saturated rings. The molecule has 0 saturated carbocycles. The largest absolute Gasteiger partial charge is 0.545 e. The molecular weight excluding hydrogens is 467 g/mol. The summed E-state index contributed by atoms with van der Waals surface area (Å²) in [4.78, 5) is 19.3. The number of amidine groups is 1. The molecule has 2 aliphatic rings. The van der Waals surface area contributed by atoms with Crippen molar-refractivity contribution in [2.24, 2.45) is 4.99 Å². The van der Waals surface area contributed by atoms with Gasteiger partial charge >= 0.3 is 0 Å². The molecule has 9 heteroatoms. The van der Waals surface area contributed by atoms with E-state index in [1.165, 1.54) is 11.8 Å². The van der Waals surface area contributed by atoms with Crippen molar-refractivity contribution in [2.75, 3.05) is 7.11 Å². The molecule has 30 heavy (non-hydrogen) atoms. The van der Waals surface area contributed by atoms with Gasteiger partial charge in [0.2, 0.25) is 0 Å². The van der Waals surface area contributed by atoms with E-state index in [2.05, 4.69) is 4.99 Å². The Bertz CT molecular complexity index is 1050. The third-order valence-corrected chi connectivity index (χ3v) is 5.96. The molecule has 0 amide bonds. The van der Waals surface area contributed by atoms with Crippen LogP contribution in [0.5, 0.6) is 5.75 Å². The zero-order chi connectivity index (χ0) is 19.8. The predicted molar refractivity (Wildman–Crippen MR) is 124 cm³/mol. The summed E-state index contributed by atoms with van der Waals surface area (Å²) in [6, 6.07) is 14.3. The standard InChI is InChI=1S/C21H17ClN2O3S.2ClH/c1-12-18(20(25)26)19(15-5-3-4-6-16(15)27-2)24-11-17(28-21(24)23-12)13-7-9-14(22)10-8-13;;/h3-11,19H,1-2H3,(H,25,26);2*1H/p-1. The van der Waals surface area contributed by atoms with Crippen molar-refractivity contribution >= 4 is 64.2 Å². The van der Waals surface area contributed by atoms with Gasteiger partial charge in [0.05, 0.1) is 19.1 Å². The van der Waals surface area contributed by atoms with E-state index in [0.717, 1.165) is 16.0 Å². The maximum Gasteiger partial charge on any atom is 0.173 e. The smallest absolute Gasteiger partial charge is 0.173 e. The molecule has 1 atom stereocenters. The molecule has 0 bridgehead atoms. The number of allylic oxidation sites excluding steroid dienone is 1. The summed E-state index contributed by atoms with van der Waals surface area (Å²) >= 11 is 7.49. The summed E-state index contributed by atoms with van der Waals surface area (Å²) in [6.07, 6.45) is 1.92. The van der Waals surface area contributed by atoms with Crippen LogP contribution in [0.4, 0.5) is 0 Å². The van der Waals surface area contributed by atoms with Crippen molar-refractivity contribution in [3.05, 3.63) is 82.2 Å². The second-order valence-corrected chi connectivity index (χ2v) is 7.78. The van der Waals surface area contributed by atoms with E-state index >= 15 is 0 Å². The van der Waals surface area contributed by atoms with E-state index in [1.54, 1.807) is 14.0 Å². The summed E-state index contributed by atoms with van der Waals surface area (Å²) < 4.78 is 5.49. The number of fused-ring (bicyclic) bond motifs is 1. The average molecular weight is 485 g/mol. The molecule has 0 aromatic heterocycles. The molecule has 0 saturated heterocycles. The van der Waals surface area contributed by atoms with Crippen LogP contribution in [0.1, 0.15) is 24.1 Å². The summed E-state index contributed by atoms with van der Waals surface area (Å²) in [7, 11) is 1.57. The van der Waals surface area contributed by atoms with Crippen LogP contribution in [-0.2, 0) is 4.79 Å². The minimum Gasteiger partial charge on any atom is -0.545 e. The lowest BCUT2D eigenvalue weighted by Crippen LogP contribution is -2.38. The Morgan fingerprint density at radius 2 is 1.83 bits per heavy atom. The van der Waals surface area contributed by atoms with Gasteiger partial charge < -0.3 is 19.5 Å². The van der Waals surface area contributed by atoms with Crippen LogP contribution in [0.15, 0.2) is 71.0 Å². The van der Waals surface area contributed by atoms with Crippen molar-refractivity contribution in [1.29, 1.82) is 0 Å². The maximum atomic E-state index is 12.0. The van der Waals surface area contributed by atoms with E-state index in [-0.39, 0.29) is 30.4 Å². The van der Waals surface area contributed by atoms with Crippen LogP contribution in [0.3, 0.4) is 0 Å². The molecule has 0 N–H and O–H groups in total. The minimum atomic E-state index is -1.24. The lowest BCUT2D eigenvalue weighted by atomic mass is 9.94. The first-order chi connectivity index (χ1) is 13.5. The number of halogens is 3. The third-order valence-electron chi connectivity index (χ3n) is 4.67. The van der Waals surface area contributed by atoms with Gasteiger partial charge in [0.25, 0.3) is 0 Å². The number of aliphatic imine (C=N–C) groups is 1. The van der Waals surface area contributed by atoms with Crippen molar-refractivity contribution in [2.45, 2.75) is 13.0 Å². The number of hydrogen-bond donors (Lipinski definition) is 0. The lowest BCUT2D eigenvalue weighted by molar-refractivity contribution is -0.300. The van der Waals surface area contributed by atoms with Crippen molar-refractivity contribution in [3.63, 3.8) is 0 Å². The van der Waals surface area contributed by atoms with Crippen LogP contribution >= 0.6 is 48.2 Å². The Balaban J connectivity index is 0.00000160. The molecule has 2 aliphatic heterocycles. The maximum absolute atomic E-state index is 12.0. The van der Waals surface area contributed by atoms with Crippen LogP contribution in [0, 0.1) is 0 Å². The number of carbonyl (C=O) groups is 1. The number of carbonyl (C=O) groups excluding carboxylic acids is 1. The number of carboxylic acid groups (broad SMARTS) is 1. The molecule has 0 spiro atoms. The van der Waals surface area contributed by atoms with Crippen LogP contribution in [-0.4, -0.2) is 23.1 Å². The predicted octanol–water partition coefficient (Wildman–Crippen LogP) is 4.67. The molecule has 0 aliphatic carbocycles. The first kappa shape index (κ1) is 24.2. The zero-order valence-electron chi connectivity index (χ0n) is 16.0. The van der Waals surface area contributed by atoms with Gasteiger partial charge in [0.15, 0.2) is 5.17 Å². The fourth-order valence-electron chi connectivity index (χ4n) is 3.37. The Morgan fingerprint density at radius 3 is 2.47 bits per heavy atom. The molecule has 5 nitrogen and oxygen atoms in total. The topological polar surface area (TPSA) is 65.0 Å². The van der Waals surface area contributed by atoms with Crippen molar-refractivity contribution < 1.29 is 14.6 Å². The van der Waals surface area contributed by atoms with Crippen molar-refractivity contribution in [3.8, 4) is 5.75 Å². The van der Waals surface area contributed by atoms with Gasteiger partial charge in [-0.05, 0) is 42.4 Å². The van der Waals surface area contributed by atoms with E-state index in [9.17, 15) is 9.90 Å². The second-order valence-electron chi connectivity index (χ2n) is 6.33. The van der Waals surface area contributed by atoms with Gasteiger partial charge in [-0.15, -0.1) is 24.8 Å². The number of para-hydroxylation sites is 1. The van der Waals surface area contributed by atoms with Crippen LogP contribution in [0.2, 0.25) is 5.02 Å². The number of nitrogens with zero attached hydrogens (tertiary/aromatic N) is 2. The van der Waals surface area contributed by atoms with E-state index in [1.807, 2.05) is 59.6 Å². The van der Waals surface area contributed by atoms with E-state index in [0.29, 0.717) is 21.6 Å². The number of thioether (sulfide) groups is 1. The number of ether oxygens (including phenoxy) is 1. The van der Waals surface area contributed by atoms with Gasteiger partial charge in [-0.3, -0.25) is 0 Å². The SMILES string of the molecule is COc1ccccc1C1C(C(=O)[O-])=C(C)N=C2SC(c3ccc(Cl)cc3)=CN21.Cl.Cl. The molecule has 2 aromatic rings. The second kappa shape index (κ2) is 9.79. The Morgan fingerprint density at radius 1 is 1.17 bits per heavy atom. The molecule has 2 aromatic carbocycles. The van der Waals surface area contributed by atoms with E-state index < -0.39 is 12.0 Å². The normalized spacial score (nSPS) is 17.3. The quantitative estimate of drug-likeness (QED) is 0.631. The van der Waals surface area contributed by atoms with Crippen LogP contribution < -0.4 is 9.84 Å². The first-order valence-electron chi connectivity index (χ1n) is 8.57. The number of aliphatic carboxylic acids is 1. The molecular formula is C21H18Cl3N2O3S-. The highest BCUT2D eigenvalue weighted by Crippen LogP contribution is 2.47. The third kappa shape index (κ3) is 4.32. The van der Waals surface area contributed by atoms with Crippen LogP contribution in [0.25, 0.3) is 4.91 Å². The highest BCUT2D eigenvalue weighted by atomic mass is 35.5. The molecule has 0 radical (unpaired) electrons. The number of carboxylic acids is 1. The summed E-state index contributed by atoms with van der Waals surface area (Å²) in [6.45, 7) is 1.69. The number of rotatable bonds is 4. The molecule has 158 valence electrons. The fraction of sp³-hybridized carbons (Fsp3) is 0.143. The van der Waals surface area contributed by atoms with Crippen molar-refractivity contribution in [1.82, 2.24) is 4.90 Å². The van der Waals surface area contributed by atoms with Gasteiger partial charge in [0.1, 0.15) is 5.75 Å². The number of methoxy groups -OCH3 is 1. The number of benzene rings is 2. The van der Waals surface area contributed by atoms with Gasteiger partial charge in [-0.1, -0.05) is 41.9 Å². The Labute approximate surface area is 196 Å². The van der Waals surface area contributed by atoms with Gasteiger partial charge in [0, 0.05) is 33.0 Å². The molecule has 4 rings (SSSR count). The average Bonchev–Trinajstić information content (AvgIpc) is 3.10. The molecule has 1 unspecified atom stereocenters. The zero-order valence-corrected chi connectivity index (χ0v) is 19.2. The lowest BCUT2D eigenvalue weighted by Gasteiger charge is -2.35. The highest BCUT2D eigenvalue weighted by Gasteiger charge is 2.37. The molecule has 2 heterocycles.